The van der Waals surface area contributed by atoms with Crippen molar-refractivity contribution in [3.8, 4) is 0 Å². The van der Waals surface area contributed by atoms with E-state index in [2.05, 4.69) is 10.3 Å². The Morgan fingerprint density at radius 3 is 2.73 bits per heavy atom. The standard InChI is InChI=1S/C11H15FN2O/c12-9-3-4-10(13-7-9)14-8-11(15)5-1-2-6-11/h3-4,7,15H,1-2,5-6,8H2,(H,13,14). The summed E-state index contributed by atoms with van der Waals surface area (Å²) in [5, 5.41) is 13.1. The highest BCUT2D eigenvalue weighted by Gasteiger charge is 2.30. The summed E-state index contributed by atoms with van der Waals surface area (Å²) in [4.78, 5) is 3.87. The normalized spacial score (nSPS) is 19.1. The van der Waals surface area contributed by atoms with E-state index in [4.69, 9.17) is 0 Å². The average Bonchev–Trinajstić information content (AvgIpc) is 2.65. The minimum Gasteiger partial charge on any atom is -0.388 e. The molecule has 0 aromatic carbocycles. The first kappa shape index (κ1) is 10.4. The number of halogens is 1. The lowest BCUT2D eigenvalue weighted by Gasteiger charge is -2.22. The van der Waals surface area contributed by atoms with Gasteiger partial charge in [-0.05, 0) is 25.0 Å². The number of hydrogen-bond donors (Lipinski definition) is 2. The minimum absolute atomic E-state index is 0.347. The molecule has 0 aliphatic heterocycles. The molecule has 1 saturated carbocycles. The third kappa shape index (κ3) is 2.65. The second-order valence-electron chi connectivity index (χ2n) is 4.15. The van der Waals surface area contributed by atoms with Crippen molar-refractivity contribution in [1.82, 2.24) is 4.98 Å². The van der Waals surface area contributed by atoms with Crippen LogP contribution in [0.25, 0.3) is 0 Å². The van der Waals surface area contributed by atoms with E-state index in [0.29, 0.717) is 12.4 Å². The van der Waals surface area contributed by atoms with Gasteiger partial charge in [-0.3, -0.25) is 0 Å². The lowest BCUT2D eigenvalue weighted by atomic mass is 10.0. The zero-order valence-electron chi connectivity index (χ0n) is 8.54. The summed E-state index contributed by atoms with van der Waals surface area (Å²) in [6, 6.07) is 2.93. The van der Waals surface area contributed by atoms with Crippen LogP contribution in [0.15, 0.2) is 18.3 Å². The molecular weight excluding hydrogens is 195 g/mol. The smallest absolute Gasteiger partial charge is 0.141 e. The maximum atomic E-state index is 12.6. The molecule has 1 aromatic rings. The van der Waals surface area contributed by atoms with E-state index < -0.39 is 5.60 Å². The quantitative estimate of drug-likeness (QED) is 0.801. The molecule has 0 atom stereocenters. The zero-order chi connectivity index (χ0) is 10.7. The molecule has 1 aliphatic rings. The van der Waals surface area contributed by atoms with Gasteiger partial charge in [0.05, 0.1) is 11.8 Å². The lowest BCUT2D eigenvalue weighted by Crippen LogP contribution is -2.33. The van der Waals surface area contributed by atoms with Gasteiger partial charge < -0.3 is 10.4 Å². The highest BCUT2D eigenvalue weighted by Crippen LogP contribution is 2.29. The van der Waals surface area contributed by atoms with Crippen molar-refractivity contribution >= 4 is 5.82 Å². The molecule has 4 heteroatoms. The summed E-state index contributed by atoms with van der Waals surface area (Å²) < 4.78 is 12.6. The van der Waals surface area contributed by atoms with Crippen LogP contribution in [-0.4, -0.2) is 22.2 Å². The lowest BCUT2D eigenvalue weighted by molar-refractivity contribution is 0.0614. The van der Waals surface area contributed by atoms with Gasteiger partial charge in [0.15, 0.2) is 0 Å². The van der Waals surface area contributed by atoms with Crippen LogP contribution in [-0.2, 0) is 0 Å². The van der Waals surface area contributed by atoms with E-state index in [9.17, 15) is 9.50 Å². The van der Waals surface area contributed by atoms with Crippen LogP contribution in [0.3, 0.4) is 0 Å². The van der Waals surface area contributed by atoms with Crippen molar-refractivity contribution < 1.29 is 9.50 Å². The number of nitrogens with one attached hydrogen (secondary N) is 1. The maximum absolute atomic E-state index is 12.6. The van der Waals surface area contributed by atoms with E-state index in [1.54, 1.807) is 6.07 Å². The SMILES string of the molecule is OC1(CNc2ccc(F)cn2)CCCC1. The van der Waals surface area contributed by atoms with Gasteiger partial charge >= 0.3 is 0 Å². The molecule has 0 amide bonds. The summed E-state index contributed by atoms with van der Waals surface area (Å²) in [6.07, 6.45) is 4.99. The van der Waals surface area contributed by atoms with Crippen molar-refractivity contribution in [2.75, 3.05) is 11.9 Å². The molecule has 0 bridgehead atoms. The number of aromatic nitrogens is 1. The van der Waals surface area contributed by atoms with Crippen LogP contribution < -0.4 is 5.32 Å². The number of nitrogens with zero attached hydrogens (tertiary/aromatic N) is 1. The van der Waals surface area contributed by atoms with Crippen LogP contribution >= 0.6 is 0 Å². The topological polar surface area (TPSA) is 45.1 Å². The van der Waals surface area contributed by atoms with E-state index >= 15 is 0 Å². The molecule has 82 valence electrons. The van der Waals surface area contributed by atoms with E-state index in [-0.39, 0.29) is 5.82 Å². The average molecular weight is 210 g/mol. The van der Waals surface area contributed by atoms with Gasteiger partial charge in [0.2, 0.25) is 0 Å². The molecule has 0 radical (unpaired) electrons. The van der Waals surface area contributed by atoms with Crippen molar-refractivity contribution in [1.29, 1.82) is 0 Å². The van der Waals surface area contributed by atoms with E-state index in [1.807, 2.05) is 0 Å². The van der Waals surface area contributed by atoms with Crippen molar-refractivity contribution in [2.24, 2.45) is 0 Å². The van der Waals surface area contributed by atoms with Crippen LogP contribution in [0.1, 0.15) is 25.7 Å². The largest absolute Gasteiger partial charge is 0.388 e. The molecule has 2 N–H and O–H groups in total. The summed E-state index contributed by atoms with van der Waals surface area (Å²) >= 11 is 0. The first-order chi connectivity index (χ1) is 7.18. The minimum atomic E-state index is -0.601. The van der Waals surface area contributed by atoms with Gasteiger partial charge in [0.25, 0.3) is 0 Å². The summed E-state index contributed by atoms with van der Waals surface area (Å²) in [5.41, 5.74) is -0.601. The molecule has 1 aliphatic carbocycles. The Morgan fingerprint density at radius 2 is 2.13 bits per heavy atom. The second kappa shape index (κ2) is 4.14. The Hall–Kier alpha value is -1.16. The fourth-order valence-electron chi connectivity index (χ4n) is 1.95. The van der Waals surface area contributed by atoms with Gasteiger partial charge in [0.1, 0.15) is 11.6 Å². The summed E-state index contributed by atoms with van der Waals surface area (Å²) in [7, 11) is 0. The predicted molar refractivity (Wildman–Crippen MR) is 56.1 cm³/mol. The number of aliphatic hydroxyl groups is 1. The number of anilines is 1. The molecule has 1 aromatic heterocycles. The van der Waals surface area contributed by atoms with Gasteiger partial charge in [0, 0.05) is 6.54 Å². The Morgan fingerprint density at radius 1 is 1.40 bits per heavy atom. The van der Waals surface area contributed by atoms with E-state index in [1.165, 1.54) is 12.3 Å². The first-order valence-corrected chi connectivity index (χ1v) is 5.26. The highest BCUT2D eigenvalue weighted by atomic mass is 19.1. The van der Waals surface area contributed by atoms with Crippen LogP contribution in [0.5, 0.6) is 0 Å². The van der Waals surface area contributed by atoms with Crippen LogP contribution in [0.4, 0.5) is 10.2 Å². The predicted octanol–water partition coefficient (Wildman–Crippen LogP) is 1.94. The summed E-state index contributed by atoms with van der Waals surface area (Å²) in [6.45, 7) is 0.492. The molecule has 1 fully saturated rings. The Kier molecular flexibility index (Phi) is 2.86. The number of pyridine rings is 1. The molecule has 2 rings (SSSR count). The fourth-order valence-corrected chi connectivity index (χ4v) is 1.95. The van der Waals surface area contributed by atoms with Gasteiger partial charge in [-0.15, -0.1) is 0 Å². The Bertz CT molecular complexity index is 320. The Labute approximate surface area is 88.3 Å². The number of rotatable bonds is 3. The zero-order valence-corrected chi connectivity index (χ0v) is 8.54. The van der Waals surface area contributed by atoms with Gasteiger partial charge in [-0.25, -0.2) is 9.37 Å². The molecule has 15 heavy (non-hydrogen) atoms. The van der Waals surface area contributed by atoms with E-state index in [0.717, 1.165) is 25.7 Å². The molecule has 0 saturated heterocycles. The van der Waals surface area contributed by atoms with Crippen LogP contribution in [0.2, 0.25) is 0 Å². The van der Waals surface area contributed by atoms with Crippen LogP contribution in [0, 0.1) is 5.82 Å². The molecule has 1 heterocycles. The monoisotopic (exact) mass is 210 g/mol. The number of hydrogen-bond acceptors (Lipinski definition) is 3. The molecule has 3 nitrogen and oxygen atoms in total. The summed E-state index contributed by atoms with van der Waals surface area (Å²) in [5.74, 6) is 0.261. The first-order valence-electron chi connectivity index (χ1n) is 5.26. The van der Waals surface area contributed by atoms with Gasteiger partial charge in [-0.2, -0.15) is 0 Å². The Balaban J connectivity index is 1.90. The van der Waals surface area contributed by atoms with Crippen molar-refractivity contribution in [2.45, 2.75) is 31.3 Å². The third-order valence-corrected chi connectivity index (χ3v) is 2.86. The molecule has 0 unspecified atom stereocenters. The molecular formula is C11H15FN2O. The maximum Gasteiger partial charge on any atom is 0.141 e. The molecule has 0 spiro atoms. The highest BCUT2D eigenvalue weighted by molar-refractivity contribution is 5.34. The van der Waals surface area contributed by atoms with Crippen molar-refractivity contribution in [3.05, 3.63) is 24.1 Å². The third-order valence-electron chi connectivity index (χ3n) is 2.86. The second-order valence-corrected chi connectivity index (χ2v) is 4.15. The van der Waals surface area contributed by atoms with Crippen molar-refractivity contribution in [3.63, 3.8) is 0 Å². The van der Waals surface area contributed by atoms with Gasteiger partial charge in [-0.1, -0.05) is 12.8 Å². The fraction of sp³-hybridized carbons (Fsp3) is 0.545.